The molecule has 13 heteroatoms. The first-order chi connectivity index (χ1) is 18.6. The van der Waals surface area contributed by atoms with E-state index in [2.05, 4.69) is 10.1 Å². The van der Waals surface area contributed by atoms with Gasteiger partial charge in [0.15, 0.2) is 11.5 Å². The van der Waals surface area contributed by atoms with Crippen LogP contribution in [0.3, 0.4) is 0 Å². The molecule has 0 unspecified atom stereocenters. The second-order valence-corrected chi connectivity index (χ2v) is 8.93. The van der Waals surface area contributed by atoms with Gasteiger partial charge in [-0.05, 0) is 30.3 Å². The quantitative estimate of drug-likeness (QED) is 0.264. The van der Waals surface area contributed by atoms with Crippen LogP contribution in [0.2, 0.25) is 10.0 Å². The Morgan fingerprint density at radius 2 is 1.69 bits per heavy atom. The molecule has 3 aromatic carbocycles. The van der Waals surface area contributed by atoms with E-state index in [1.54, 1.807) is 12.1 Å². The Kier molecular flexibility index (Phi) is 8.71. The van der Waals surface area contributed by atoms with Crippen molar-refractivity contribution in [3.8, 4) is 28.4 Å². The Morgan fingerprint density at radius 3 is 2.33 bits per heavy atom. The van der Waals surface area contributed by atoms with Gasteiger partial charge in [0.25, 0.3) is 5.91 Å². The number of hydrogen-bond acceptors (Lipinski definition) is 6. The summed E-state index contributed by atoms with van der Waals surface area (Å²) >= 11 is 12.5. The van der Waals surface area contributed by atoms with Gasteiger partial charge < -0.3 is 24.3 Å². The predicted molar refractivity (Wildman–Crippen MR) is 133 cm³/mol. The third kappa shape index (κ3) is 6.15. The lowest BCUT2D eigenvalue weighted by Gasteiger charge is -2.26. The highest BCUT2D eigenvalue weighted by atomic mass is 35.5. The molecule has 1 atom stereocenters. The number of carbonyl (C=O) groups excluding carboxylic acids is 2. The van der Waals surface area contributed by atoms with Crippen LogP contribution in [0.15, 0.2) is 42.5 Å². The van der Waals surface area contributed by atoms with E-state index < -0.39 is 47.5 Å². The van der Waals surface area contributed by atoms with Gasteiger partial charge in [-0.25, -0.2) is 13.6 Å². The first-order valence-corrected chi connectivity index (χ1v) is 12.0. The second-order valence-electron chi connectivity index (χ2n) is 8.12. The number of methoxy groups -OCH3 is 1. The van der Waals surface area contributed by atoms with Crippen molar-refractivity contribution in [1.29, 1.82) is 0 Å². The molecule has 0 saturated carbocycles. The summed E-state index contributed by atoms with van der Waals surface area (Å²) in [6, 6.07) is 6.85. The lowest BCUT2D eigenvalue weighted by molar-refractivity contribution is -0.142. The summed E-state index contributed by atoms with van der Waals surface area (Å²) in [4.78, 5) is 25.5. The molecule has 7 nitrogen and oxygen atoms in total. The molecule has 0 aliphatic carbocycles. The Labute approximate surface area is 229 Å². The highest BCUT2D eigenvalue weighted by Gasteiger charge is 2.30. The Morgan fingerprint density at radius 1 is 1.03 bits per heavy atom. The third-order valence-corrected chi connectivity index (χ3v) is 6.28. The van der Waals surface area contributed by atoms with Crippen molar-refractivity contribution in [2.75, 3.05) is 20.3 Å². The molecule has 0 bridgehead atoms. The largest absolute Gasteiger partial charge is 0.486 e. The van der Waals surface area contributed by atoms with Crippen LogP contribution < -0.4 is 19.5 Å². The first-order valence-electron chi connectivity index (χ1n) is 11.3. The van der Waals surface area contributed by atoms with Gasteiger partial charge in [-0.15, -0.1) is 0 Å². The molecule has 1 N–H and O–H groups in total. The number of esters is 1. The van der Waals surface area contributed by atoms with Gasteiger partial charge in [-0.2, -0.15) is 8.78 Å². The van der Waals surface area contributed by atoms with Gasteiger partial charge >= 0.3 is 12.6 Å². The van der Waals surface area contributed by atoms with E-state index in [0.717, 1.165) is 37.4 Å². The highest BCUT2D eigenvalue weighted by molar-refractivity contribution is 6.39. The fourth-order valence-electron chi connectivity index (χ4n) is 4.05. The number of alkyl halides is 2. The van der Waals surface area contributed by atoms with Crippen LogP contribution in [0.4, 0.5) is 17.6 Å². The minimum absolute atomic E-state index is 0.0236. The summed E-state index contributed by atoms with van der Waals surface area (Å²) in [6.45, 7) is -3.01. The highest BCUT2D eigenvalue weighted by Crippen LogP contribution is 2.47. The van der Waals surface area contributed by atoms with Crippen molar-refractivity contribution in [2.45, 2.75) is 19.1 Å². The minimum Gasteiger partial charge on any atom is -0.486 e. The molecule has 0 fully saturated rings. The molecule has 3 aromatic rings. The third-order valence-electron chi connectivity index (χ3n) is 5.68. The van der Waals surface area contributed by atoms with Crippen LogP contribution in [0.5, 0.6) is 17.2 Å². The molecule has 4 rings (SSSR count). The molecular weight excluding hydrogens is 569 g/mol. The average molecular weight is 588 g/mol. The molecule has 0 aromatic heterocycles. The van der Waals surface area contributed by atoms with Gasteiger partial charge in [0, 0.05) is 23.1 Å². The Balaban J connectivity index is 1.70. The zero-order valence-corrected chi connectivity index (χ0v) is 21.5. The molecule has 206 valence electrons. The standard InChI is InChI=1S/C26H19Cl2F4NO6/c1-36-25(35)18(33-24(34)21-17(30)3-2-4-19(21)39-26(31)32)9-12-5-6-14(23-22(12)37-7-8-38-23)20-15(27)10-13(29)11-16(20)28/h2-6,10-11,18,26H,7-9H2,1H3,(H,33,34)/t18-/m0/s1. The number of ether oxygens (including phenoxy) is 4. The van der Waals surface area contributed by atoms with Crippen LogP contribution in [-0.4, -0.2) is 44.9 Å². The monoisotopic (exact) mass is 587 g/mol. The average Bonchev–Trinajstić information content (AvgIpc) is 2.88. The summed E-state index contributed by atoms with van der Waals surface area (Å²) < 4.78 is 74.4. The van der Waals surface area contributed by atoms with E-state index in [4.69, 9.17) is 37.4 Å². The summed E-state index contributed by atoms with van der Waals surface area (Å²) in [5.74, 6) is -4.16. The lowest BCUT2D eigenvalue weighted by Crippen LogP contribution is -2.43. The molecule has 1 aliphatic heterocycles. The molecule has 1 amide bonds. The van der Waals surface area contributed by atoms with Crippen molar-refractivity contribution in [3.05, 3.63) is 75.3 Å². The van der Waals surface area contributed by atoms with Crippen LogP contribution in [0, 0.1) is 11.6 Å². The molecular formula is C26H19Cl2F4NO6. The lowest BCUT2D eigenvalue weighted by atomic mass is 9.97. The number of rotatable bonds is 8. The van der Waals surface area contributed by atoms with E-state index in [1.807, 2.05) is 0 Å². The van der Waals surface area contributed by atoms with Crippen molar-refractivity contribution >= 4 is 35.1 Å². The van der Waals surface area contributed by atoms with Gasteiger partial charge in [0.05, 0.1) is 17.2 Å². The number of nitrogens with one attached hydrogen (secondary N) is 1. The summed E-state index contributed by atoms with van der Waals surface area (Å²) in [7, 11) is 1.08. The van der Waals surface area contributed by atoms with E-state index in [9.17, 15) is 27.2 Å². The fourth-order valence-corrected chi connectivity index (χ4v) is 4.72. The molecule has 0 spiro atoms. The number of amides is 1. The molecule has 1 aliphatic rings. The first kappa shape index (κ1) is 28.3. The number of hydrogen-bond donors (Lipinski definition) is 1. The Bertz CT molecular complexity index is 1400. The smallest absolute Gasteiger partial charge is 0.387 e. The van der Waals surface area contributed by atoms with Gasteiger partial charge in [0.1, 0.15) is 42.2 Å². The van der Waals surface area contributed by atoms with Gasteiger partial charge in [-0.1, -0.05) is 35.3 Å². The number of halogens is 6. The second kappa shape index (κ2) is 12.0. The van der Waals surface area contributed by atoms with E-state index in [-0.39, 0.29) is 46.7 Å². The van der Waals surface area contributed by atoms with E-state index in [1.165, 1.54) is 0 Å². The van der Waals surface area contributed by atoms with Crippen LogP contribution >= 0.6 is 23.2 Å². The maximum Gasteiger partial charge on any atom is 0.387 e. The SMILES string of the molecule is COC(=O)[C@H](Cc1ccc(-c2c(Cl)cc(F)cc2Cl)c2c1OCCO2)NC(=O)c1c(F)cccc1OC(F)F. The summed E-state index contributed by atoms with van der Waals surface area (Å²) in [5.41, 5.74) is 0.236. The van der Waals surface area contributed by atoms with Gasteiger partial charge in [-0.3, -0.25) is 4.79 Å². The predicted octanol–water partition coefficient (Wildman–Crippen LogP) is 5.83. The maximum atomic E-state index is 14.4. The number of benzene rings is 3. The summed E-state index contributed by atoms with van der Waals surface area (Å²) in [6.07, 6.45) is -0.227. The zero-order valence-electron chi connectivity index (χ0n) is 20.0. The van der Waals surface area contributed by atoms with E-state index in [0.29, 0.717) is 11.1 Å². The maximum absolute atomic E-state index is 14.4. The van der Waals surface area contributed by atoms with Gasteiger partial charge in [0.2, 0.25) is 0 Å². The van der Waals surface area contributed by atoms with Crippen LogP contribution in [0.25, 0.3) is 11.1 Å². The van der Waals surface area contributed by atoms with Crippen molar-refractivity contribution in [3.63, 3.8) is 0 Å². The normalized spacial score (nSPS) is 13.1. The summed E-state index contributed by atoms with van der Waals surface area (Å²) in [5, 5.41) is 2.35. The Hall–Kier alpha value is -3.70. The molecule has 39 heavy (non-hydrogen) atoms. The topological polar surface area (TPSA) is 83.1 Å². The number of fused-ring (bicyclic) bond motifs is 1. The molecule has 1 heterocycles. The van der Waals surface area contributed by atoms with Crippen LogP contribution in [-0.2, 0) is 16.0 Å². The fraction of sp³-hybridized carbons (Fsp3) is 0.231. The molecule has 0 radical (unpaired) electrons. The van der Waals surface area contributed by atoms with Crippen molar-refractivity contribution in [1.82, 2.24) is 5.32 Å². The zero-order chi connectivity index (χ0) is 28.3. The van der Waals surface area contributed by atoms with Crippen molar-refractivity contribution in [2.24, 2.45) is 0 Å². The van der Waals surface area contributed by atoms with E-state index >= 15 is 0 Å². The van der Waals surface area contributed by atoms with Crippen molar-refractivity contribution < 1.29 is 46.1 Å². The minimum atomic E-state index is -3.32. The number of carbonyl (C=O) groups is 2. The molecule has 0 saturated heterocycles. The van der Waals surface area contributed by atoms with Crippen LogP contribution in [0.1, 0.15) is 15.9 Å².